The zero-order valence-corrected chi connectivity index (χ0v) is 15.9. The van der Waals surface area contributed by atoms with Gasteiger partial charge in [-0.2, -0.15) is 0 Å². The normalized spacial score (nSPS) is 10.6. The highest BCUT2D eigenvalue weighted by atomic mass is 35.5. The molecule has 0 aliphatic heterocycles. The van der Waals surface area contributed by atoms with E-state index in [4.69, 9.17) is 34.7 Å². The number of nitro groups is 1. The molecule has 9 nitrogen and oxygen atoms in total. The third kappa shape index (κ3) is 4.38. The Morgan fingerprint density at radius 2 is 1.93 bits per heavy atom. The molecule has 0 saturated heterocycles. The maximum atomic E-state index is 10.8. The van der Waals surface area contributed by atoms with E-state index in [1.807, 2.05) is 0 Å². The molecule has 0 aliphatic rings. The van der Waals surface area contributed by atoms with Crippen molar-refractivity contribution in [3.05, 3.63) is 62.5 Å². The first-order chi connectivity index (χ1) is 13.3. The standard InChI is InChI=1S/C17H15Cl2N7O2/c18-9-1-2-10(11(19)7-9)16-12(20)8-23-15(24-16)5-6-22-14-4-3-13(26(27)28)17(21)25-14/h1-4,7-8H,5-6,20H2,(H3,21,22,25). The van der Waals surface area contributed by atoms with Gasteiger partial charge in [0.25, 0.3) is 0 Å². The fourth-order valence-corrected chi connectivity index (χ4v) is 2.97. The average molecular weight is 420 g/mol. The fourth-order valence-electron chi connectivity index (χ4n) is 2.47. The molecule has 0 amide bonds. The van der Waals surface area contributed by atoms with Crippen LogP contribution in [-0.2, 0) is 6.42 Å². The Bertz CT molecular complexity index is 1050. The molecule has 11 heteroatoms. The molecule has 5 N–H and O–H groups in total. The molecule has 0 atom stereocenters. The topological polar surface area (TPSA) is 146 Å². The van der Waals surface area contributed by atoms with Crippen LogP contribution in [0.15, 0.2) is 36.5 Å². The number of pyridine rings is 1. The Morgan fingerprint density at radius 1 is 1.14 bits per heavy atom. The molecule has 0 unspecified atom stereocenters. The van der Waals surface area contributed by atoms with Crippen molar-refractivity contribution in [3.8, 4) is 11.3 Å². The van der Waals surface area contributed by atoms with Crippen LogP contribution in [0.5, 0.6) is 0 Å². The van der Waals surface area contributed by atoms with E-state index >= 15 is 0 Å². The molecule has 144 valence electrons. The number of anilines is 3. The number of rotatable bonds is 6. The highest BCUT2D eigenvalue weighted by molar-refractivity contribution is 6.36. The molecule has 3 aromatic rings. The smallest absolute Gasteiger partial charge is 0.311 e. The van der Waals surface area contributed by atoms with Gasteiger partial charge >= 0.3 is 5.69 Å². The number of nitrogens with one attached hydrogen (secondary N) is 1. The van der Waals surface area contributed by atoms with E-state index in [-0.39, 0.29) is 11.5 Å². The summed E-state index contributed by atoms with van der Waals surface area (Å²) in [5, 5.41) is 14.7. The molecule has 0 spiro atoms. The molecule has 0 saturated carbocycles. The number of nitrogen functional groups attached to an aromatic ring is 2. The number of benzene rings is 1. The summed E-state index contributed by atoms with van der Waals surface area (Å²) < 4.78 is 0. The van der Waals surface area contributed by atoms with Crippen molar-refractivity contribution in [2.75, 3.05) is 23.3 Å². The molecule has 2 aromatic heterocycles. The minimum absolute atomic E-state index is 0.154. The number of hydrogen-bond acceptors (Lipinski definition) is 8. The van der Waals surface area contributed by atoms with Gasteiger partial charge in [-0.3, -0.25) is 10.1 Å². The van der Waals surface area contributed by atoms with Crippen LogP contribution in [0.1, 0.15) is 5.82 Å². The van der Waals surface area contributed by atoms with Gasteiger partial charge in [0.05, 0.1) is 27.5 Å². The molecule has 0 radical (unpaired) electrons. The van der Waals surface area contributed by atoms with Gasteiger partial charge in [0.15, 0.2) is 0 Å². The largest absolute Gasteiger partial charge is 0.396 e. The predicted molar refractivity (Wildman–Crippen MR) is 109 cm³/mol. The summed E-state index contributed by atoms with van der Waals surface area (Å²) in [5.41, 5.74) is 12.9. The van der Waals surface area contributed by atoms with Crippen molar-refractivity contribution in [1.82, 2.24) is 15.0 Å². The minimum Gasteiger partial charge on any atom is -0.396 e. The predicted octanol–water partition coefficient (Wildman–Crippen LogP) is 3.57. The van der Waals surface area contributed by atoms with Crippen LogP contribution in [0.4, 0.5) is 23.0 Å². The summed E-state index contributed by atoms with van der Waals surface area (Å²) in [5.74, 6) is 0.801. The maximum Gasteiger partial charge on any atom is 0.311 e. The van der Waals surface area contributed by atoms with Crippen LogP contribution in [0, 0.1) is 10.1 Å². The Balaban J connectivity index is 1.72. The third-order valence-electron chi connectivity index (χ3n) is 3.81. The number of halogens is 2. The molecule has 3 rings (SSSR count). The minimum atomic E-state index is -0.586. The van der Waals surface area contributed by atoms with Crippen molar-refractivity contribution in [2.45, 2.75) is 6.42 Å². The van der Waals surface area contributed by atoms with Gasteiger partial charge in [-0.15, -0.1) is 0 Å². The maximum absolute atomic E-state index is 10.8. The van der Waals surface area contributed by atoms with Crippen molar-refractivity contribution >= 4 is 46.2 Å². The lowest BCUT2D eigenvalue weighted by molar-refractivity contribution is -0.384. The second kappa shape index (κ2) is 8.24. The van der Waals surface area contributed by atoms with Gasteiger partial charge in [0.2, 0.25) is 5.82 Å². The summed E-state index contributed by atoms with van der Waals surface area (Å²) in [6.07, 6.45) is 1.97. The summed E-state index contributed by atoms with van der Waals surface area (Å²) >= 11 is 12.2. The van der Waals surface area contributed by atoms with Crippen molar-refractivity contribution in [2.24, 2.45) is 0 Å². The molecule has 1 aromatic carbocycles. The van der Waals surface area contributed by atoms with E-state index in [0.717, 1.165) is 0 Å². The first kappa shape index (κ1) is 19.6. The van der Waals surface area contributed by atoms with E-state index in [1.165, 1.54) is 18.3 Å². The van der Waals surface area contributed by atoms with Crippen LogP contribution in [0.3, 0.4) is 0 Å². The summed E-state index contributed by atoms with van der Waals surface area (Å²) in [7, 11) is 0. The lowest BCUT2D eigenvalue weighted by atomic mass is 10.1. The van der Waals surface area contributed by atoms with Crippen LogP contribution in [0.2, 0.25) is 10.0 Å². The van der Waals surface area contributed by atoms with Gasteiger partial charge in [-0.25, -0.2) is 15.0 Å². The Labute approximate surface area is 169 Å². The molecule has 0 aliphatic carbocycles. The average Bonchev–Trinajstić information content (AvgIpc) is 2.63. The van der Waals surface area contributed by atoms with Crippen LogP contribution < -0.4 is 16.8 Å². The molecule has 0 bridgehead atoms. The number of aromatic nitrogens is 3. The highest BCUT2D eigenvalue weighted by Crippen LogP contribution is 2.32. The van der Waals surface area contributed by atoms with E-state index < -0.39 is 4.92 Å². The van der Waals surface area contributed by atoms with E-state index in [2.05, 4.69) is 20.3 Å². The third-order valence-corrected chi connectivity index (χ3v) is 4.35. The lowest BCUT2D eigenvalue weighted by Crippen LogP contribution is -2.10. The summed E-state index contributed by atoms with van der Waals surface area (Å²) in [4.78, 5) is 22.8. The van der Waals surface area contributed by atoms with Gasteiger partial charge in [0.1, 0.15) is 11.6 Å². The molecular weight excluding hydrogens is 405 g/mol. The van der Waals surface area contributed by atoms with Crippen molar-refractivity contribution in [3.63, 3.8) is 0 Å². The van der Waals surface area contributed by atoms with Crippen LogP contribution in [0.25, 0.3) is 11.3 Å². The second-order valence-corrected chi connectivity index (χ2v) is 6.59. The second-order valence-electron chi connectivity index (χ2n) is 5.75. The summed E-state index contributed by atoms with van der Waals surface area (Å²) in [6.45, 7) is 0.432. The first-order valence-corrected chi connectivity index (χ1v) is 8.82. The van der Waals surface area contributed by atoms with E-state index in [9.17, 15) is 10.1 Å². The lowest BCUT2D eigenvalue weighted by Gasteiger charge is -2.10. The van der Waals surface area contributed by atoms with E-state index in [1.54, 1.807) is 18.2 Å². The number of hydrogen-bond donors (Lipinski definition) is 3. The monoisotopic (exact) mass is 419 g/mol. The Kier molecular flexibility index (Phi) is 5.76. The van der Waals surface area contributed by atoms with Crippen molar-refractivity contribution < 1.29 is 4.92 Å². The zero-order chi connectivity index (χ0) is 20.3. The molecular formula is C17H15Cl2N7O2. The van der Waals surface area contributed by atoms with Crippen LogP contribution in [-0.4, -0.2) is 26.4 Å². The molecule has 0 fully saturated rings. The van der Waals surface area contributed by atoms with Gasteiger partial charge in [-0.05, 0) is 24.3 Å². The number of nitrogens with two attached hydrogens (primary N) is 2. The fraction of sp³-hybridized carbons (Fsp3) is 0.118. The van der Waals surface area contributed by atoms with Gasteiger partial charge in [-0.1, -0.05) is 23.2 Å². The first-order valence-electron chi connectivity index (χ1n) is 8.06. The zero-order valence-electron chi connectivity index (χ0n) is 14.4. The Morgan fingerprint density at radius 3 is 2.61 bits per heavy atom. The highest BCUT2D eigenvalue weighted by Gasteiger charge is 2.13. The summed E-state index contributed by atoms with van der Waals surface area (Å²) in [6, 6.07) is 7.85. The molecule has 2 heterocycles. The molecule has 28 heavy (non-hydrogen) atoms. The number of nitrogens with zero attached hydrogens (tertiary/aromatic N) is 4. The quantitative estimate of drug-likeness (QED) is 0.405. The van der Waals surface area contributed by atoms with Gasteiger partial charge in [0, 0.05) is 29.6 Å². The Hall–Kier alpha value is -3.17. The van der Waals surface area contributed by atoms with Crippen molar-refractivity contribution in [1.29, 1.82) is 0 Å². The van der Waals surface area contributed by atoms with E-state index in [0.29, 0.717) is 51.6 Å². The SMILES string of the molecule is Nc1cnc(CCNc2ccc([N+](=O)[O-])c(N)n2)nc1-c1ccc(Cl)cc1Cl. The van der Waals surface area contributed by atoms with Gasteiger partial charge < -0.3 is 16.8 Å². The van der Waals surface area contributed by atoms with Crippen LogP contribution >= 0.6 is 23.2 Å².